The molecule has 2 atom stereocenters. The smallest absolute Gasteiger partial charge is 0.343 e. The van der Waals surface area contributed by atoms with Crippen molar-refractivity contribution < 1.29 is 14.3 Å². The van der Waals surface area contributed by atoms with E-state index in [1.807, 2.05) is 9.47 Å². The van der Waals surface area contributed by atoms with Gasteiger partial charge in [0.1, 0.15) is 17.2 Å². The Morgan fingerprint density at radius 1 is 1.25 bits per heavy atom. The van der Waals surface area contributed by atoms with Gasteiger partial charge in [0.2, 0.25) is 5.43 Å². The van der Waals surface area contributed by atoms with Crippen LogP contribution in [-0.2, 0) is 0 Å². The first-order valence-corrected chi connectivity index (χ1v) is 10.1. The Morgan fingerprint density at radius 2 is 2.04 bits per heavy atom. The van der Waals surface area contributed by atoms with Crippen LogP contribution in [-0.4, -0.2) is 41.3 Å². The normalized spacial score (nSPS) is 24.6. The third-order valence-corrected chi connectivity index (χ3v) is 6.51. The Morgan fingerprint density at radius 3 is 2.71 bits per heavy atom. The van der Waals surface area contributed by atoms with Gasteiger partial charge in [0.15, 0.2) is 0 Å². The summed E-state index contributed by atoms with van der Waals surface area (Å²) in [6.45, 7) is 2.31. The summed E-state index contributed by atoms with van der Waals surface area (Å²) in [7, 11) is 0. The predicted molar refractivity (Wildman–Crippen MR) is 105 cm³/mol. The second-order valence-electron chi connectivity index (χ2n) is 8.09. The van der Waals surface area contributed by atoms with Gasteiger partial charge in [-0.05, 0) is 50.3 Å². The minimum atomic E-state index is -1.28. The zero-order valence-corrected chi connectivity index (χ0v) is 16.0. The van der Waals surface area contributed by atoms with Crippen LogP contribution in [0.3, 0.4) is 0 Å². The standard InChI is InChI=1S/C20H21ClFN3O3/c21-14-7-11(22)6-13-17(14)25(12-3-4-12)19(16(18(13)26)20(27)28)24-8-10-2-1-5-23-15(10)9-24/h6-7,10,12,15,23H,1-5,8-9H2,(H,27,28)/t10-,15+/m0/s1. The number of hydrogen-bond acceptors (Lipinski definition) is 4. The van der Waals surface area contributed by atoms with Crippen LogP contribution in [0.1, 0.15) is 42.1 Å². The van der Waals surface area contributed by atoms with Gasteiger partial charge in [-0.2, -0.15) is 0 Å². The molecule has 0 unspecified atom stereocenters. The molecule has 0 spiro atoms. The highest BCUT2D eigenvalue weighted by molar-refractivity contribution is 6.35. The Labute approximate surface area is 165 Å². The number of carboxylic acid groups (broad SMARTS) is 1. The lowest BCUT2D eigenvalue weighted by Gasteiger charge is -2.27. The third kappa shape index (κ3) is 2.71. The van der Waals surface area contributed by atoms with Gasteiger partial charge in [-0.1, -0.05) is 11.6 Å². The number of carbonyl (C=O) groups is 1. The van der Waals surface area contributed by atoms with Crippen molar-refractivity contribution in [3.05, 3.63) is 38.8 Å². The lowest BCUT2D eigenvalue weighted by Crippen LogP contribution is -2.41. The minimum absolute atomic E-state index is 0.0350. The molecule has 1 aromatic carbocycles. The summed E-state index contributed by atoms with van der Waals surface area (Å²) in [5.41, 5.74) is -0.503. The molecule has 3 heterocycles. The molecule has 3 aliphatic rings. The van der Waals surface area contributed by atoms with Gasteiger partial charge < -0.3 is 19.9 Å². The number of fused-ring (bicyclic) bond motifs is 2. The van der Waals surface area contributed by atoms with Gasteiger partial charge in [-0.25, -0.2) is 9.18 Å². The number of nitrogens with zero attached hydrogens (tertiary/aromatic N) is 2. The lowest BCUT2D eigenvalue weighted by molar-refractivity contribution is 0.0695. The van der Waals surface area contributed by atoms with E-state index in [1.54, 1.807) is 0 Å². The molecule has 148 valence electrons. The highest BCUT2D eigenvalue weighted by Gasteiger charge is 2.40. The van der Waals surface area contributed by atoms with Crippen molar-refractivity contribution in [1.29, 1.82) is 0 Å². The Kier molecular flexibility index (Phi) is 4.14. The maximum absolute atomic E-state index is 14.0. The molecular formula is C20H21ClFN3O3. The number of nitrogens with one attached hydrogen (secondary N) is 1. The molecular weight excluding hydrogens is 385 g/mol. The van der Waals surface area contributed by atoms with E-state index >= 15 is 0 Å². The zero-order valence-electron chi connectivity index (χ0n) is 15.3. The third-order valence-electron chi connectivity index (χ3n) is 6.22. The Balaban J connectivity index is 1.80. The summed E-state index contributed by atoms with van der Waals surface area (Å²) in [4.78, 5) is 27.3. The van der Waals surface area contributed by atoms with E-state index in [0.717, 1.165) is 38.3 Å². The monoisotopic (exact) mass is 405 g/mol. The first-order valence-electron chi connectivity index (χ1n) is 9.74. The molecule has 8 heteroatoms. The molecule has 2 saturated heterocycles. The minimum Gasteiger partial charge on any atom is -0.477 e. The molecule has 1 aromatic heterocycles. The molecule has 0 bridgehead atoms. The maximum atomic E-state index is 14.0. The van der Waals surface area contributed by atoms with Crippen molar-refractivity contribution in [2.24, 2.45) is 5.92 Å². The number of pyridine rings is 1. The first-order chi connectivity index (χ1) is 13.5. The second-order valence-corrected chi connectivity index (χ2v) is 8.49. The highest BCUT2D eigenvalue weighted by atomic mass is 35.5. The quantitative estimate of drug-likeness (QED) is 0.821. The van der Waals surface area contributed by atoms with Crippen molar-refractivity contribution in [2.45, 2.75) is 37.8 Å². The van der Waals surface area contributed by atoms with Crippen molar-refractivity contribution in [3.63, 3.8) is 0 Å². The van der Waals surface area contributed by atoms with E-state index in [-0.39, 0.29) is 28.1 Å². The highest BCUT2D eigenvalue weighted by Crippen LogP contribution is 2.44. The van der Waals surface area contributed by atoms with E-state index in [0.29, 0.717) is 30.3 Å². The summed E-state index contributed by atoms with van der Waals surface area (Å²) < 4.78 is 15.9. The molecule has 0 radical (unpaired) electrons. The summed E-state index contributed by atoms with van der Waals surface area (Å²) >= 11 is 6.37. The number of benzene rings is 1. The van der Waals surface area contributed by atoms with E-state index in [4.69, 9.17) is 11.6 Å². The van der Waals surface area contributed by atoms with Crippen LogP contribution in [0.25, 0.3) is 10.9 Å². The fourth-order valence-corrected chi connectivity index (χ4v) is 5.15. The molecule has 28 heavy (non-hydrogen) atoms. The number of aromatic nitrogens is 1. The number of carboxylic acids is 1. The van der Waals surface area contributed by atoms with Gasteiger partial charge >= 0.3 is 5.97 Å². The number of rotatable bonds is 3. The van der Waals surface area contributed by atoms with Crippen LogP contribution in [0.4, 0.5) is 10.2 Å². The summed E-state index contributed by atoms with van der Waals surface area (Å²) in [5.74, 6) is -1.06. The largest absolute Gasteiger partial charge is 0.477 e. The molecule has 5 rings (SSSR count). The van der Waals surface area contributed by atoms with Gasteiger partial charge in [-0.15, -0.1) is 0 Å². The first kappa shape index (κ1) is 17.9. The van der Waals surface area contributed by atoms with E-state index in [2.05, 4.69) is 5.32 Å². The molecule has 2 aromatic rings. The predicted octanol–water partition coefficient (Wildman–Crippen LogP) is 3.02. The molecule has 2 N–H and O–H groups in total. The van der Waals surface area contributed by atoms with Crippen LogP contribution in [0.15, 0.2) is 16.9 Å². The fraction of sp³-hybridized carbons (Fsp3) is 0.500. The zero-order chi connectivity index (χ0) is 19.6. The van der Waals surface area contributed by atoms with Gasteiger partial charge in [0, 0.05) is 25.2 Å². The van der Waals surface area contributed by atoms with E-state index in [1.165, 1.54) is 6.07 Å². The van der Waals surface area contributed by atoms with Gasteiger partial charge in [0.25, 0.3) is 0 Å². The average molecular weight is 406 g/mol. The SMILES string of the molecule is O=C(O)c1c(N2C[C@@H]3CCCN[C@@H]3C2)n(C2CC2)c2c(Cl)cc(F)cc2c1=O. The van der Waals surface area contributed by atoms with Crippen molar-refractivity contribution >= 4 is 34.3 Å². The Bertz CT molecular complexity index is 1040. The van der Waals surface area contributed by atoms with Crippen LogP contribution in [0.5, 0.6) is 0 Å². The number of halogens is 2. The topological polar surface area (TPSA) is 74.6 Å². The summed E-state index contributed by atoms with van der Waals surface area (Å²) in [6.07, 6.45) is 3.95. The maximum Gasteiger partial charge on any atom is 0.343 e. The number of aromatic carboxylic acids is 1. The molecule has 1 aliphatic carbocycles. The van der Waals surface area contributed by atoms with E-state index < -0.39 is 17.2 Å². The molecule has 6 nitrogen and oxygen atoms in total. The summed E-state index contributed by atoms with van der Waals surface area (Å²) in [5, 5.41) is 13.6. The molecule has 3 fully saturated rings. The van der Waals surface area contributed by atoms with E-state index in [9.17, 15) is 19.1 Å². The van der Waals surface area contributed by atoms with Gasteiger partial charge in [-0.3, -0.25) is 4.79 Å². The van der Waals surface area contributed by atoms with Crippen LogP contribution in [0, 0.1) is 11.7 Å². The second kappa shape index (κ2) is 6.46. The summed E-state index contributed by atoms with van der Waals surface area (Å²) in [6, 6.07) is 2.66. The average Bonchev–Trinajstić information content (AvgIpc) is 3.39. The molecule has 1 saturated carbocycles. The number of hydrogen-bond donors (Lipinski definition) is 2. The fourth-order valence-electron chi connectivity index (χ4n) is 4.86. The Hall–Kier alpha value is -2.12. The number of anilines is 1. The molecule has 0 amide bonds. The number of piperidine rings is 1. The van der Waals surface area contributed by atoms with Gasteiger partial charge in [0.05, 0.1) is 15.9 Å². The van der Waals surface area contributed by atoms with Crippen LogP contribution >= 0.6 is 11.6 Å². The van der Waals surface area contributed by atoms with Crippen molar-refractivity contribution in [1.82, 2.24) is 9.88 Å². The van der Waals surface area contributed by atoms with Crippen LogP contribution in [0.2, 0.25) is 5.02 Å². The lowest BCUT2D eigenvalue weighted by atomic mass is 9.94. The van der Waals surface area contributed by atoms with Crippen LogP contribution < -0.4 is 15.6 Å². The van der Waals surface area contributed by atoms with Crippen molar-refractivity contribution in [3.8, 4) is 0 Å². The molecule has 2 aliphatic heterocycles. The van der Waals surface area contributed by atoms with Crippen molar-refractivity contribution in [2.75, 3.05) is 24.5 Å².